The molecule has 0 heterocycles. The number of nitrogens with one attached hydrogen (secondary N) is 3. The monoisotopic (exact) mass is 380 g/mol. The number of hydrogen-bond donors (Lipinski definition) is 8. The Balaban J connectivity index is 5.06. The smallest absolute Gasteiger partial charge is 0.322 e. The highest BCUT2D eigenvalue weighted by molar-refractivity contribution is 7.80. The lowest BCUT2D eigenvalue weighted by Crippen LogP contribution is -2.61. The normalized spacial score (nSPS) is 16.7. The van der Waals surface area contributed by atoms with Crippen molar-refractivity contribution in [3.63, 3.8) is 0 Å². The van der Waals surface area contributed by atoms with E-state index in [1.54, 1.807) is 0 Å². The molecule has 0 fully saturated rings. The Morgan fingerprint density at radius 3 is 1.80 bits per heavy atom. The Bertz CT molecular complexity index is 501. The highest BCUT2D eigenvalue weighted by atomic mass is 32.1. The number of carboxylic acids is 1. The van der Waals surface area contributed by atoms with Gasteiger partial charge in [-0.2, -0.15) is 12.6 Å². The van der Waals surface area contributed by atoms with E-state index in [1.807, 2.05) is 5.32 Å². The summed E-state index contributed by atoms with van der Waals surface area (Å²) in [6, 6.07) is -3.93. The first-order chi connectivity index (χ1) is 11.5. The average molecular weight is 380 g/mol. The van der Waals surface area contributed by atoms with Crippen LogP contribution in [0.2, 0.25) is 0 Å². The highest BCUT2D eigenvalue weighted by Crippen LogP contribution is 2.00. The molecule has 0 aromatic heterocycles. The van der Waals surface area contributed by atoms with Gasteiger partial charge in [0.05, 0.1) is 18.2 Å². The standard InChI is InChI=1S/C13H24N4O7S/c1-5(18)9(12(23)15-3-8(20)21)17-13(24)10(6(2)19)16-11(22)7(14)4-25/h5-7,9-10,18-19,25H,3-4,14H2,1-2H3,(H,15,23)(H,16,22)(H,17,24)(H,20,21). The summed E-state index contributed by atoms with van der Waals surface area (Å²) < 4.78 is 0. The van der Waals surface area contributed by atoms with Gasteiger partial charge in [-0.3, -0.25) is 19.2 Å². The Morgan fingerprint density at radius 1 is 0.960 bits per heavy atom. The summed E-state index contributed by atoms with van der Waals surface area (Å²) in [5, 5.41) is 34.2. The van der Waals surface area contributed by atoms with E-state index in [4.69, 9.17) is 10.8 Å². The topological polar surface area (TPSA) is 191 Å². The first kappa shape index (κ1) is 23.1. The van der Waals surface area contributed by atoms with Crippen molar-refractivity contribution in [2.75, 3.05) is 12.3 Å². The second-order valence-corrected chi connectivity index (χ2v) is 5.72. The third-order valence-electron chi connectivity index (χ3n) is 3.07. The van der Waals surface area contributed by atoms with Gasteiger partial charge in [0.2, 0.25) is 17.7 Å². The van der Waals surface area contributed by atoms with Crippen molar-refractivity contribution in [1.29, 1.82) is 0 Å². The van der Waals surface area contributed by atoms with Crippen LogP contribution in [0.3, 0.4) is 0 Å². The molecule has 0 aromatic rings. The fraction of sp³-hybridized carbons (Fsp3) is 0.692. The Kier molecular flexibility index (Phi) is 10.0. The van der Waals surface area contributed by atoms with Gasteiger partial charge in [-0.15, -0.1) is 0 Å². The third-order valence-corrected chi connectivity index (χ3v) is 3.47. The number of hydrogen-bond acceptors (Lipinski definition) is 8. The minimum atomic E-state index is -1.48. The van der Waals surface area contributed by atoms with Crippen LogP contribution in [0.1, 0.15) is 13.8 Å². The van der Waals surface area contributed by atoms with E-state index in [-0.39, 0.29) is 5.75 Å². The largest absolute Gasteiger partial charge is 0.480 e. The molecule has 0 aliphatic heterocycles. The SMILES string of the molecule is CC(O)C(NC(=O)C(N)CS)C(=O)NC(C(=O)NCC(=O)O)C(C)O. The minimum Gasteiger partial charge on any atom is -0.480 e. The molecule has 0 saturated heterocycles. The minimum absolute atomic E-state index is 0.00781. The van der Waals surface area contributed by atoms with Crippen LogP contribution < -0.4 is 21.7 Å². The molecule has 8 N–H and O–H groups in total. The highest BCUT2D eigenvalue weighted by Gasteiger charge is 2.32. The molecule has 5 unspecified atom stereocenters. The lowest BCUT2D eigenvalue weighted by Gasteiger charge is -2.26. The van der Waals surface area contributed by atoms with Gasteiger partial charge >= 0.3 is 5.97 Å². The van der Waals surface area contributed by atoms with Crippen LogP contribution in [0.15, 0.2) is 0 Å². The molecule has 0 spiro atoms. The first-order valence-corrected chi connectivity index (χ1v) is 7.97. The molecule has 0 radical (unpaired) electrons. The number of rotatable bonds is 10. The van der Waals surface area contributed by atoms with Crippen molar-refractivity contribution in [3.05, 3.63) is 0 Å². The summed E-state index contributed by atoms with van der Waals surface area (Å²) in [5.41, 5.74) is 5.47. The number of aliphatic hydroxyl groups excluding tert-OH is 2. The molecule has 12 heteroatoms. The zero-order valence-electron chi connectivity index (χ0n) is 13.8. The van der Waals surface area contributed by atoms with Gasteiger partial charge in [0, 0.05) is 5.75 Å². The molecule has 3 amide bonds. The second-order valence-electron chi connectivity index (χ2n) is 5.35. The van der Waals surface area contributed by atoms with Crippen LogP contribution >= 0.6 is 12.6 Å². The van der Waals surface area contributed by atoms with E-state index in [1.165, 1.54) is 13.8 Å². The average Bonchev–Trinajstić information content (AvgIpc) is 2.53. The van der Waals surface area contributed by atoms with Crippen LogP contribution in [0.4, 0.5) is 0 Å². The second kappa shape index (κ2) is 10.9. The molecule has 0 aliphatic rings. The molecule has 0 saturated carbocycles. The predicted molar refractivity (Wildman–Crippen MR) is 89.7 cm³/mol. The van der Waals surface area contributed by atoms with Crippen molar-refractivity contribution in [3.8, 4) is 0 Å². The van der Waals surface area contributed by atoms with Crippen molar-refractivity contribution in [2.45, 2.75) is 44.2 Å². The molecule has 0 rings (SSSR count). The summed E-state index contributed by atoms with van der Waals surface area (Å²) in [5.74, 6) is -3.92. The van der Waals surface area contributed by atoms with E-state index in [0.29, 0.717) is 0 Å². The van der Waals surface area contributed by atoms with E-state index >= 15 is 0 Å². The number of amides is 3. The van der Waals surface area contributed by atoms with E-state index in [0.717, 1.165) is 0 Å². The van der Waals surface area contributed by atoms with Crippen molar-refractivity contribution < 1.29 is 34.5 Å². The van der Waals surface area contributed by atoms with E-state index < -0.39 is 60.6 Å². The van der Waals surface area contributed by atoms with Gasteiger partial charge in [0.15, 0.2) is 0 Å². The van der Waals surface area contributed by atoms with Gasteiger partial charge in [-0.1, -0.05) is 0 Å². The van der Waals surface area contributed by atoms with Gasteiger partial charge < -0.3 is 37.0 Å². The number of carbonyl (C=O) groups is 4. The number of nitrogens with two attached hydrogens (primary N) is 1. The Morgan fingerprint density at radius 2 is 1.40 bits per heavy atom. The summed E-state index contributed by atoms with van der Waals surface area (Å²) in [6.45, 7) is 1.74. The molecule has 25 heavy (non-hydrogen) atoms. The van der Waals surface area contributed by atoms with Crippen LogP contribution in [0.25, 0.3) is 0 Å². The number of carboxylic acid groups (broad SMARTS) is 1. The predicted octanol–water partition coefficient (Wildman–Crippen LogP) is -3.82. The summed E-state index contributed by atoms with van der Waals surface area (Å²) in [7, 11) is 0. The zero-order chi connectivity index (χ0) is 19.7. The molecule has 0 bridgehead atoms. The molecular weight excluding hydrogens is 356 g/mol. The van der Waals surface area contributed by atoms with Crippen LogP contribution in [-0.2, 0) is 19.2 Å². The Hall–Kier alpha value is -1.89. The summed E-state index contributed by atoms with van der Waals surface area (Å²) >= 11 is 3.85. The fourth-order valence-electron chi connectivity index (χ4n) is 1.67. The molecule has 0 aliphatic carbocycles. The first-order valence-electron chi connectivity index (χ1n) is 7.34. The lowest BCUT2D eigenvalue weighted by atomic mass is 10.1. The number of carbonyl (C=O) groups excluding carboxylic acids is 3. The molecule has 5 atom stereocenters. The van der Waals surface area contributed by atoms with Gasteiger partial charge in [0.25, 0.3) is 0 Å². The van der Waals surface area contributed by atoms with E-state index in [2.05, 4.69) is 23.3 Å². The molecular formula is C13H24N4O7S. The zero-order valence-corrected chi connectivity index (χ0v) is 14.7. The van der Waals surface area contributed by atoms with Gasteiger partial charge in [-0.05, 0) is 13.8 Å². The van der Waals surface area contributed by atoms with Crippen LogP contribution in [-0.4, -0.2) is 81.6 Å². The number of aliphatic hydroxyl groups is 2. The number of aliphatic carboxylic acids is 1. The quantitative estimate of drug-likeness (QED) is 0.177. The van der Waals surface area contributed by atoms with Crippen LogP contribution in [0.5, 0.6) is 0 Å². The Labute approximate surface area is 149 Å². The molecule has 11 nitrogen and oxygen atoms in total. The van der Waals surface area contributed by atoms with E-state index in [9.17, 15) is 29.4 Å². The summed E-state index contributed by atoms with van der Waals surface area (Å²) in [4.78, 5) is 46.3. The maximum absolute atomic E-state index is 12.2. The van der Waals surface area contributed by atoms with Crippen molar-refractivity contribution in [1.82, 2.24) is 16.0 Å². The fourth-order valence-corrected chi connectivity index (χ4v) is 1.84. The lowest BCUT2D eigenvalue weighted by molar-refractivity contribution is -0.139. The third kappa shape index (κ3) is 8.16. The molecule has 144 valence electrons. The van der Waals surface area contributed by atoms with Crippen LogP contribution in [0, 0.1) is 0 Å². The maximum atomic E-state index is 12.2. The molecule has 0 aromatic carbocycles. The maximum Gasteiger partial charge on any atom is 0.322 e. The van der Waals surface area contributed by atoms with Gasteiger partial charge in [0.1, 0.15) is 18.6 Å². The summed E-state index contributed by atoms with van der Waals surface area (Å²) in [6.07, 6.45) is -2.68. The van der Waals surface area contributed by atoms with Gasteiger partial charge in [-0.25, -0.2) is 0 Å². The number of thiol groups is 1. The van der Waals surface area contributed by atoms with Crippen molar-refractivity contribution in [2.24, 2.45) is 5.73 Å². The van der Waals surface area contributed by atoms with Crippen molar-refractivity contribution >= 4 is 36.3 Å².